The summed E-state index contributed by atoms with van der Waals surface area (Å²) in [6, 6.07) is 3.97. The molecule has 86 valence electrons. The van der Waals surface area contributed by atoms with E-state index in [1.54, 1.807) is 12.3 Å². The van der Waals surface area contributed by atoms with Crippen molar-refractivity contribution in [3.63, 3.8) is 0 Å². The van der Waals surface area contributed by atoms with Gasteiger partial charge in [0, 0.05) is 18.8 Å². The largest absolute Gasteiger partial charge is 0.334 e. The van der Waals surface area contributed by atoms with Gasteiger partial charge in [0.05, 0.1) is 0 Å². The van der Waals surface area contributed by atoms with Crippen LogP contribution in [0.25, 0.3) is 0 Å². The zero-order valence-electron chi connectivity index (χ0n) is 8.70. The van der Waals surface area contributed by atoms with Gasteiger partial charge in [-0.05, 0) is 24.5 Å². The van der Waals surface area contributed by atoms with Crippen molar-refractivity contribution in [2.75, 3.05) is 5.88 Å². The second-order valence-electron chi connectivity index (χ2n) is 3.88. The van der Waals surface area contributed by atoms with E-state index in [4.69, 9.17) is 23.2 Å². The van der Waals surface area contributed by atoms with Gasteiger partial charge in [-0.2, -0.15) is 0 Å². The van der Waals surface area contributed by atoms with Gasteiger partial charge in [0.25, 0.3) is 0 Å². The Morgan fingerprint density at radius 2 is 2.25 bits per heavy atom. The molecule has 1 aromatic heterocycles. The van der Waals surface area contributed by atoms with Crippen LogP contribution >= 0.6 is 23.2 Å². The summed E-state index contributed by atoms with van der Waals surface area (Å²) in [4.78, 5) is 17.4. The molecule has 0 aliphatic heterocycles. The molecule has 1 heterocycles. The van der Waals surface area contributed by atoms with Crippen molar-refractivity contribution in [1.82, 2.24) is 9.88 Å². The molecule has 1 aromatic rings. The Balaban J connectivity index is 2.05. The molecular weight excluding hydrogens is 247 g/mol. The molecule has 0 radical (unpaired) electrons. The lowest BCUT2D eigenvalue weighted by molar-refractivity contribution is -0.129. The van der Waals surface area contributed by atoms with Crippen LogP contribution in [0, 0.1) is 0 Å². The Labute approximate surface area is 104 Å². The highest BCUT2D eigenvalue weighted by molar-refractivity contribution is 6.29. The van der Waals surface area contributed by atoms with E-state index in [1.807, 2.05) is 11.0 Å². The molecule has 0 aromatic carbocycles. The van der Waals surface area contributed by atoms with Crippen LogP contribution in [-0.4, -0.2) is 27.7 Å². The van der Waals surface area contributed by atoms with E-state index in [2.05, 4.69) is 4.98 Å². The number of halogens is 2. The van der Waals surface area contributed by atoms with Crippen molar-refractivity contribution in [1.29, 1.82) is 0 Å². The number of hydrogen-bond acceptors (Lipinski definition) is 2. The minimum Gasteiger partial charge on any atom is -0.334 e. The minimum absolute atomic E-state index is 0.0147. The van der Waals surface area contributed by atoms with E-state index in [-0.39, 0.29) is 11.8 Å². The van der Waals surface area contributed by atoms with Gasteiger partial charge in [-0.1, -0.05) is 17.7 Å². The maximum absolute atomic E-state index is 11.6. The lowest BCUT2D eigenvalue weighted by Gasteiger charge is -2.21. The Hall–Kier alpha value is -0.800. The van der Waals surface area contributed by atoms with Crippen LogP contribution in [0.3, 0.4) is 0 Å². The number of carbonyl (C=O) groups excluding carboxylic acids is 1. The van der Waals surface area contributed by atoms with Gasteiger partial charge >= 0.3 is 0 Å². The first kappa shape index (κ1) is 11.7. The molecule has 0 unspecified atom stereocenters. The van der Waals surface area contributed by atoms with Gasteiger partial charge in [-0.3, -0.25) is 4.79 Å². The van der Waals surface area contributed by atoms with Crippen LogP contribution in [-0.2, 0) is 11.3 Å². The lowest BCUT2D eigenvalue weighted by Crippen LogP contribution is -2.33. The van der Waals surface area contributed by atoms with Crippen LogP contribution < -0.4 is 0 Å². The van der Waals surface area contributed by atoms with Gasteiger partial charge in [-0.15, -0.1) is 11.6 Å². The van der Waals surface area contributed by atoms with E-state index in [0.29, 0.717) is 17.7 Å². The summed E-state index contributed by atoms with van der Waals surface area (Å²) in [5.74, 6) is 0.0245. The maximum Gasteiger partial charge on any atom is 0.238 e. The summed E-state index contributed by atoms with van der Waals surface area (Å²) in [5, 5.41) is 0.463. The third kappa shape index (κ3) is 2.86. The summed E-state index contributed by atoms with van der Waals surface area (Å²) in [7, 11) is 0. The van der Waals surface area contributed by atoms with E-state index in [0.717, 1.165) is 18.4 Å². The highest BCUT2D eigenvalue weighted by Gasteiger charge is 2.31. The lowest BCUT2D eigenvalue weighted by atomic mass is 10.2. The van der Waals surface area contributed by atoms with E-state index < -0.39 is 0 Å². The average Bonchev–Trinajstić information content (AvgIpc) is 3.11. The van der Waals surface area contributed by atoms with Crippen molar-refractivity contribution in [3.05, 3.63) is 29.0 Å². The number of pyridine rings is 1. The number of rotatable bonds is 4. The third-order valence-corrected chi connectivity index (χ3v) is 3.02. The highest BCUT2D eigenvalue weighted by Crippen LogP contribution is 2.28. The standard InChI is InChI=1S/C11H12Cl2N2O/c12-5-11(16)15(9-2-3-9)7-8-1-4-10(13)14-6-8/h1,4,6,9H,2-3,5,7H2. The molecule has 0 saturated heterocycles. The number of amides is 1. The maximum atomic E-state index is 11.6. The Bertz CT molecular complexity index is 376. The predicted molar refractivity (Wildman–Crippen MR) is 63.5 cm³/mol. The van der Waals surface area contributed by atoms with Gasteiger partial charge in [0.15, 0.2) is 0 Å². The molecule has 0 N–H and O–H groups in total. The molecule has 0 atom stereocenters. The fourth-order valence-electron chi connectivity index (χ4n) is 1.58. The summed E-state index contributed by atoms with van der Waals surface area (Å²) < 4.78 is 0. The first-order chi connectivity index (χ1) is 7.70. The van der Waals surface area contributed by atoms with E-state index >= 15 is 0 Å². The summed E-state index contributed by atoms with van der Waals surface area (Å²) in [6.45, 7) is 0.570. The molecule has 0 bridgehead atoms. The topological polar surface area (TPSA) is 33.2 Å². The Kier molecular flexibility index (Phi) is 3.66. The summed E-state index contributed by atoms with van der Waals surface area (Å²) >= 11 is 11.3. The molecule has 0 spiro atoms. The fourth-order valence-corrected chi connectivity index (χ4v) is 1.85. The summed E-state index contributed by atoms with van der Waals surface area (Å²) in [6.07, 6.45) is 3.84. The second kappa shape index (κ2) is 5.02. The van der Waals surface area contributed by atoms with Crippen molar-refractivity contribution >= 4 is 29.1 Å². The van der Waals surface area contributed by atoms with E-state index in [9.17, 15) is 4.79 Å². The Morgan fingerprint density at radius 1 is 1.50 bits per heavy atom. The average molecular weight is 259 g/mol. The molecule has 1 aliphatic carbocycles. The zero-order valence-corrected chi connectivity index (χ0v) is 10.2. The third-order valence-electron chi connectivity index (χ3n) is 2.56. The first-order valence-corrected chi connectivity index (χ1v) is 6.08. The number of alkyl halides is 1. The fraction of sp³-hybridized carbons (Fsp3) is 0.455. The molecule has 16 heavy (non-hydrogen) atoms. The van der Waals surface area contributed by atoms with Crippen LogP contribution in [0.2, 0.25) is 5.15 Å². The van der Waals surface area contributed by atoms with E-state index in [1.165, 1.54) is 0 Å². The Morgan fingerprint density at radius 3 is 2.75 bits per heavy atom. The quantitative estimate of drug-likeness (QED) is 0.614. The van der Waals surface area contributed by atoms with Crippen molar-refractivity contribution < 1.29 is 4.79 Å². The molecule has 1 fully saturated rings. The number of nitrogens with zero attached hydrogens (tertiary/aromatic N) is 2. The molecular formula is C11H12Cl2N2O. The van der Waals surface area contributed by atoms with Crippen molar-refractivity contribution in [2.24, 2.45) is 0 Å². The van der Waals surface area contributed by atoms with Crippen molar-refractivity contribution in [2.45, 2.75) is 25.4 Å². The van der Waals surface area contributed by atoms with Gasteiger partial charge in [0.2, 0.25) is 5.91 Å². The molecule has 5 heteroatoms. The first-order valence-electron chi connectivity index (χ1n) is 5.16. The number of carbonyl (C=O) groups is 1. The van der Waals surface area contributed by atoms with Crippen molar-refractivity contribution in [3.8, 4) is 0 Å². The molecule has 1 aliphatic rings. The van der Waals surface area contributed by atoms with Gasteiger partial charge in [0.1, 0.15) is 11.0 Å². The molecule has 1 saturated carbocycles. The smallest absolute Gasteiger partial charge is 0.238 e. The monoisotopic (exact) mass is 258 g/mol. The number of hydrogen-bond donors (Lipinski definition) is 0. The molecule has 3 nitrogen and oxygen atoms in total. The minimum atomic E-state index is -0.0147. The predicted octanol–water partition coefficient (Wildman–Crippen LogP) is 2.46. The zero-order chi connectivity index (χ0) is 11.5. The van der Waals surface area contributed by atoms with Crippen LogP contribution in [0.1, 0.15) is 18.4 Å². The SMILES string of the molecule is O=C(CCl)N(Cc1ccc(Cl)nc1)C1CC1. The van der Waals surface area contributed by atoms with Crippen LogP contribution in [0.4, 0.5) is 0 Å². The number of aromatic nitrogens is 1. The molecule has 1 amide bonds. The van der Waals surface area contributed by atoms with Gasteiger partial charge in [-0.25, -0.2) is 4.98 Å². The van der Waals surface area contributed by atoms with Crippen LogP contribution in [0.15, 0.2) is 18.3 Å². The van der Waals surface area contributed by atoms with Gasteiger partial charge < -0.3 is 4.90 Å². The normalized spacial score (nSPS) is 14.9. The molecule has 2 rings (SSSR count). The summed E-state index contributed by atoms with van der Waals surface area (Å²) in [5.41, 5.74) is 0.981. The second-order valence-corrected chi connectivity index (χ2v) is 4.53. The van der Waals surface area contributed by atoms with Crippen LogP contribution in [0.5, 0.6) is 0 Å². The highest BCUT2D eigenvalue weighted by atomic mass is 35.5.